The van der Waals surface area contributed by atoms with Gasteiger partial charge >= 0.3 is 0 Å². The van der Waals surface area contributed by atoms with Crippen molar-refractivity contribution in [1.29, 1.82) is 0 Å². The van der Waals surface area contributed by atoms with E-state index in [0.29, 0.717) is 19.8 Å². The smallest absolute Gasteiger partial charge is 0.229 e. The number of methoxy groups -OCH3 is 1. The minimum atomic E-state index is -0.107. The van der Waals surface area contributed by atoms with E-state index in [0.717, 1.165) is 17.9 Å². The molecule has 2 rings (SSSR count). The van der Waals surface area contributed by atoms with Gasteiger partial charge in [0.15, 0.2) is 0 Å². The number of amides is 1. The molecule has 5 nitrogen and oxygen atoms in total. The van der Waals surface area contributed by atoms with Crippen molar-refractivity contribution in [2.24, 2.45) is 5.92 Å². The highest BCUT2D eigenvalue weighted by molar-refractivity contribution is 5.79. The van der Waals surface area contributed by atoms with Crippen molar-refractivity contribution < 1.29 is 14.3 Å². The molecule has 5 heteroatoms. The number of para-hydroxylation sites is 1. The van der Waals surface area contributed by atoms with E-state index in [4.69, 9.17) is 9.47 Å². The maximum absolute atomic E-state index is 12.6. The Balaban J connectivity index is 2.02. The number of likely N-dealkylation sites (N-methyl/N-ethyl adjacent to an activating group) is 1. The highest BCUT2D eigenvalue weighted by Gasteiger charge is 2.35. The van der Waals surface area contributed by atoms with E-state index in [1.807, 2.05) is 38.2 Å². The lowest BCUT2D eigenvalue weighted by molar-refractivity contribution is -0.135. The van der Waals surface area contributed by atoms with E-state index in [2.05, 4.69) is 5.32 Å². The second-order valence-corrected chi connectivity index (χ2v) is 5.31. The summed E-state index contributed by atoms with van der Waals surface area (Å²) in [5.41, 5.74) is 1.01. The molecular formula is C16H24N2O3. The Morgan fingerprint density at radius 3 is 2.90 bits per heavy atom. The van der Waals surface area contributed by atoms with Gasteiger partial charge in [0.1, 0.15) is 5.75 Å². The third-order valence-corrected chi connectivity index (χ3v) is 3.84. The average Bonchev–Trinajstić information content (AvgIpc) is 2.95. The van der Waals surface area contributed by atoms with Gasteiger partial charge in [0.2, 0.25) is 5.91 Å². The third-order valence-electron chi connectivity index (χ3n) is 3.84. The standard InChI is InChI=1S/C16H24N2O3/c1-4-17-14-11-21-10-13(14)16(19)18(2)9-12-7-5-6-8-15(12)20-3/h5-8,13-14,17H,4,9-11H2,1-3H3. The van der Waals surface area contributed by atoms with Crippen LogP contribution < -0.4 is 10.1 Å². The van der Waals surface area contributed by atoms with Gasteiger partial charge in [-0.15, -0.1) is 0 Å². The first-order valence-electron chi connectivity index (χ1n) is 7.35. The lowest BCUT2D eigenvalue weighted by Gasteiger charge is -2.25. The molecule has 1 aromatic carbocycles. The van der Waals surface area contributed by atoms with Gasteiger partial charge in [0.25, 0.3) is 0 Å². The molecule has 0 radical (unpaired) electrons. The summed E-state index contributed by atoms with van der Waals surface area (Å²) in [6.07, 6.45) is 0. The van der Waals surface area contributed by atoms with Crippen LogP contribution in [-0.4, -0.2) is 50.8 Å². The summed E-state index contributed by atoms with van der Waals surface area (Å²) in [5, 5.41) is 3.32. The number of nitrogens with one attached hydrogen (secondary N) is 1. The summed E-state index contributed by atoms with van der Waals surface area (Å²) in [6.45, 7) is 4.52. The highest BCUT2D eigenvalue weighted by Crippen LogP contribution is 2.21. The molecule has 1 N–H and O–H groups in total. The second-order valence-electron chi connectivity index (χ2n) is 5.31. The quantitative estimate of drug-likeness (QED) is 0.858. The topological polar surface area (TPSA) is 50.8 Å². The number of hydrogen-bond donors (Lipinski definition) is 1. The van der Waals surface area contributed by atoms with E-state index >= 15 is 0 Å². The van der Waals surface area contributed by atoms with Gasteiger partial charge in [-0.05, 0) is 12.6 Å². The number of benzene rings is 1. The van der Waals surface area contributed by atoms with Crippen LogP contribution in [0, 0.1) is 5.92 Å². The van der Waals surface area contributed by atoms with Gasteiger partial charge in [0.05, 0.1) is 26.2 Å². The molecule has 1 aliphatic heterocycles. The highest BCUT2D eigenvalue weighted by atomic mass is 16.5. The Kier molecular flexibility index (Phi) is 5.59. The van der Waals surface area contributed by atoms with Crippen molar-refractivity contribution in [1.82, 2.24) is 10.2 Å². The fraction of sp³-hybridized carbons (Fsp3) is 0.562. The summed E-state index contributed by atoms with van der Waals surface area (Å²) in [4.78, 5) is 14.4. The van der Waals surface area contributed by atoms with E-state index in [-0.39, 0.29) is 17.9 Å². The zero-order valence-corrected chi connectivity index (χ0v) is 13.0. The predicted octanol–water partition coefficient (Wildman–Crippen LogP) is 1.28. The average molecular weight is 292 g/mol. The maximum Gasteiger partial charge on any atom is 0.229 e. The molecule has 116 valence electrons. The van der Waals surface area contributed by atoms with Crippen LogP contribution in [0.4, 0.5) is 0 Å². The lowest BCUT2D eigenvalue weighted by Crippen LogP contribution is -2.44. The minimum Gasteiger partial charge on any atom is -0.496 e. The van der Waals surface area contributed by atoms with E-state index < -0.39 is 0 Å². The molecule has 0 bridgehead atoms. The second kappa shape index (κ2) is 7.43. The number of carbonyl (C=O) groups excluding carboxylic acids is 1. The fourth-order valence-corrected chi connectivity index (χ4v) is 2.71. The third kappa shape index (κ3) is 3.74. The summed E-state index contributed by atoms with van der Waals surface area (Å²) >= 11 is 0. The molecule has 2 atom stereocenters. The molecule has 1 heterocycles. The van der Waals surface area contributed by atoms with Crippen molar-refractivity contribution >= 4 is 5.91 Å². The van der Waals surface area contributed by atoms with Gasteiger partial charge < -0.3 is 19.7 Å². The molecule has 1 aliphatic rings. The van der Waals surface area contributed by atoms with Gasteiger partial charge in [-0.25, -0.2) is 0 Å². The monoisotopic (exact) mass is 292 g/mol. The van der Waals surface area contributed by atoms with Gasteiger partial charge in [-0.1, -0.05) is 25.1 Å². The molecule has 0 aromatic heterocycles. The minimum absolute atomic E-state index is 0.107. The van der Waals surface area contributed by atoms with Gasteiger partial charge in [-0.2, -0.15) is 0 Å². The van der Waals surface area contributed by atoms with Crippen LogP contribution in [0.2, 0.25) is 0 Å². The van der Waals surface area contributed by atoms with Crippen molar-refractivity contribution in [2.75, 3.05) is 33.9 Å². The molecular weight excluding hydrogens is 268 g/mol. The summed E-state index contributed by atoms with van der Waals surface area (Å²) < 4.78 is 10.8. The Morgan fingerprint density at radius 1 is 1.43 bits per heavy atom. The number of nitrogens with zero attached hydrogens (tertiary/aromatic N) is 1. The molecule has 21 heavy (non-hydrogen) atoms. The number of carbonyl (C=O) groups is 1. The van der Waals surface area contributed by atoms with Crippen molar-refractivity contribution in [2.45, 2.75) is 19.5 Å². The van der Waals surface area contributed by atoms with Crippen molar-refractivity contribution in [3.8, 4) is 5.75 Å². The maximum atomic E-state index is 12.6. The van der Waals surface area contributed by atoms with Crippen LogP contribution in [0.3, 0.4) is 0 Å². The first-order chi connectivity index (χ1) is 10.2. The Hall–Kier alpha value is -1.59. The predicted molar refractivity (Wildman–Crippen MR) is 81.2 cm³/mol. The molecule has 1 saturated heterocycles. The zero-order chi connectivity index (χ0) is 15.2. The SMILES string of the molecule is CCNC1COCC1C(=O)N(C)Cc1ccccc1OC. The van der Waals surface area contributed by atoms with Crippen LogP contribution in [0.15, 0.2) is 24.3 Å². The van der Waals surface area contributed by atoms with Crippen LogP contribution in [0.25, 0.3) is 0 Å². The first-order valence-corrected chi connectivity index (χ1v) is 7.35. The van der Waals surface area contributed by atoms with Crippen LogP contribution >= 0.6 is 0 Å². The zero-order valence-electron chi connectivity index (χ0n) is 13.0. The Morgan fingerprint density at radius 2 is 2.19 bits per heavy atom. The summed E-state index contributed by atoms with van der Waals surface area (Å²) in [5.74, 6) is 0.817. The molecule has 2 unspecified atom stereocenters. The molecule has 0 aliphatic carbocycles. The van der Waals surface area contributed by atoms with Crippen LogP contribution in [0.5, 0.6) is 5.75 Å². The molecule has 1 fully saturated rings. The van der Waals surface area contributed by atoms with Gasteiger partial charge in [0, 0.05) is 25.2 Å². The first kappa shape index (κ1) is 15.8. The number of ether oxygens (including phenoxy) is 2. The van der Waals surface area contributed by atoms with Gasteiger partial charge in [-0.3, -0.25) is 4.79 Å². The van der Waals surface area contributed by atoms with Crippen LogP contribution in [-0.2, 0) is 16.1 Å². The van der Waals surface area contributed by atoms with E-state index in [1.54, 1.807) is 12.0 Å². The Bertz CT molecular complexity index is 478. The molecule has 1 aromatic rings. The normalized spacial score (nSPS) is 21.3. The number of rotatable bonds is 6. The summed E-state index contributed by atoms with van der Waals surface area (Å²) in [6, 6.07) is 7.89. The molecule has 1 amide bonds. The Labute approximate surface area is 126 Å². The lowest BCUT2D eigenvalue weighted by atomic mass is 10.0. The number of hydrogen-bond acceptors (Lipinski definition) is 4. The van der Waals surface area contributed by atoms with E-state index in [9.17, 15) is 4.79 Å². The van der Waals surface area contributed by atoms with Crippen molar-refractivity contribution in [3.63, 3.8) is 0 Å². The summed E-state index contributed by atoms with van der Waals surface area (Å²) in [7, 11) is 3.47. The molecule has 0 spiro atoms. The van der Waals surface area contributed by atoms with Crippen molar-refractivity contribution in [3.05, 3.63) is 29.8 Å². The fourth-order valence-electron chi connectivity index (χ4n) is 2.71. The largest absolute Gasteiger partial charge is 0.496 e. The van der Waals surface area contributed by atoms with E-state index in [1.165, 1.54) is 0 Å². The molecule has 0 saturated carbocycles. The van der Waals surface area contributed by atoms with Crippen LogP contribution in [0.1, 0.15) is 12.5 Å².